The minimum Gasteiger partial charge on any atom is -0.242 e. The number of pyridine rings is 1. The second-order valence-corrected chi connectivity index (χ2v) is 4.22. The summed E-state index contributed by atoms with van der Waals surface area (Å²) in [6.45, 7) is 0. The maximum atomic E-state index is 5.81. The summed E-state index contributed by atoms with van der Waals surface area (Å²) in [5.74, 6) is 0. The van der Waals surface area contributed by atoms with Crippen molar-refractivity contribution in [3.05, 3.63) is 16.7 Å². The summed E-state index contributed by atoms with van der Waals surface area (Å²) in [5.41, 5.74) is 2.74. The Kier molecular flexibility index (Phi) is 2.21. The number of fused-ring (bicyclic) bond motifs is 1. The Bertz CT molecular complexity index is 413. The molecule has 0 aliphatic carbocycles. The number of halogens is 1. The lowest BCUT2D eigenvalue weighted by Crippen LogP contribution is -1.79. The molecular weight excluding hydrogens is 212 g/mol. The molecule has 0 N–H and O–H groups in total. The number of thioether (sulfide) groups is 1. The monoisotopic (exact) mass is 216 g/mol. The Balaban J connectivity index is 2.80. The number of thiazole rings is 1. The van der Waals surface area contributed by atoms with Crippen LogP contribution in [0.25, 0.3) is 10.3 Å². The van der Waals surface area contributed by atoms with Gasteiger partial charge in [0.2, 0.25) is 0 Å². The minimum absolute atomic E-state index is 0.538. The van der Waals surface area contributed by atoms with Crippen molar-refractivity contribution in [3.8, 4) is 0 Å². The summed E-state index contributed by atoms with van der Waals surface area (Å²) in [6.07, 6.45) is 2.00. The lowest BCUT2D eigenvalue weighted by Gasteiger charge is -1.96. The van der Waals surface area contributed by atoms with Crippen molar-refractivity contribution in [2.24, 2.45) is 0 Å². The molecule has 2 nitrogen and oxygen atoms in total. The van der Waals surface area contributed by atoms with Gasteiger partial charge in [-0.05, 0) is 12.3 Å². The number of nitrogens with zero attached hydrogens (tertiary/aromatic N) is 2. The Labute approximate surface area is 83.0 Å². The third-order valence-corrected chi connectivity index (χ3v) is 3.12. The molecule has 0 radical (unpaired) electrons. The normalized spacial score (nSPS) is 10.8. The van der Waals surface area contributed by atoms with E-state index in [0.717, 1.165) is 15.2 Å². The summed E-state index contributed by atoms with van der Waals surface area (Å²) in [6, 6.07) is 1.84. The highest BCUT2D eigenvalue weighted by Crippen LogP contribution is 2.28. The maximum absolute atomic E-state index is 5.81. The number of hydrogen-bond acceptors (Lipinski definition) is 4. The van der Waals surface area contributed by atoms with Crippen LogP contribution in [0.2, 0.25) is 5.15 Å². The van der Waals surface area contributed by atoms with Crippen molar-refractivity contribution in [1.82, 2.24) is 9.97 Å². The van der Waals surface area contributed by atoms with Crippen LogP contribution in [0.3, 0.4) is 0 Å². The summed E-state index contributed by atoms with van der Waals surface area (Å²) < 4.78 is 0. The Morgan fingerprint density at radius 2 is 2.42 bits per heavy atom. The van der Waals surface area contributed by atoms with Crippen LogP contribution in [0.1, 0.15) is 0 Å². The highest BCUT2D eigenvalue weighted by molar-refractivity contribution is 7.98. The SMILES string of the molecule is CSc1cc(Cl)nc2scnc12. The van der Waals surface area contributed by atoms with E-state index >= 15 is 0 Å². The van der Waals surface area contributed by atoms with E-state index in [1.54, 1.807) is 17.3 Å². The summed E-state index contributed by atoms with van der Waals surface area (Å²) in [4.78, 5) is 10.4. The van der Waals surface area contributed by atoms with Crippen molar-refractivity contribution in [3.63, 3.8) is 0 Å². The second kappa shape index (κ2) is 3.20. The fraction of sp³-hybridized carbons (Fsp3) is 0.143. The molecule has 12 heavy (non-hydrogen) atoms. The summed E-state index contributed by atoms with van der Waals surface area (Å²) in [5, 5.41) is 0.538. The van der Waals surface area contributed by atoms with Gasteiger partial charge in [-0.15, -0.1) is 23.1 Å². The van der Waals surface area contributed by atoms with Crippen molar-refractivity contribution < 1.29 is 0 Å². The molecule has 2 rings (SSSR count). The van der Waals surface area contributed by atoms with Crippen LogP contribution in [-0.2, 0) is 0 Å². The quantitative estimate of drug-likeness (QED) is 0.541. The largest absolute Gasteiger partial charge is 0.242 e. The zero-order valence-electron chi connectivity index (χ0n) is 6.24. The van der Waals surface area contributed by atoms with Gasteiger partial charge in [0.15, 0.2) is 0 Å². The molecular formula is C7H5ClN2S2. The van der Waals surface area contributed by atoms with Gasteiger partial charge in [-0.25, -0.2) is 9.97 Å². The molecule has 0 fully saturated rings. The van der Waals surface area contributed by atoms with Crippen LogP contribution in [0.5, 0.6) is 0 Å². The van der Waals surface area contributed by atoms with Crippen molar-refractivity contribution in [2.75, 3.05) is 6.26 Å². The molecule has 0 aromatic carbocycles. The molecule has 0 saturated carbocycles. The van der Waals surface area contributed by atoms with Crippen LogP contribution >= 0.6 is 34.7 Å². The highest BCUT2D eigenvalue weighted by Gasteiger charge is 2.05. The molecule has 0 aliphatic rings. The minimum atomic E-state index is 0.538. The fourth-order valence-electron chi connectivity index (χ4n) is 0.950. The molecule has 0 spiro atoms. The van der Waals surface area contributed by atoms with Gasteiger partial charge in [0, 0.05) is 4.90 Å². The van der Waals surface area contributed by atoms with Crippen molar-refractivity contribution in [1.29, 1.82) is 0 Å². The molecule has 2 heterocycles. The third kappa shape index (κ3) is 1.30. The number of aromatic nitrogens is 2. The first-order chi connectivity index (χ1) is 5.81. The molecule has 2 aromatic rings. The second-order valence-electron chi connectivity index (χ2n) is 2.15. The number of hydrogen-bond donors (Lipinski definition) is 0. The molecule has 2 aromatic heterocycles. The third-order valence-electron chi connectivity index (χ3n) is 1.46. The zero-order chi connectivity index (χ0) is 8.55. The van der Waals surface area contributed by atoms with Gasteiger partial charge >= 0.3 is 0 Å². The molecule has 62 valence electrons. The van der Waals surface area contributed by atoms with Crippen LogP contribution in [0, 0.1) is 0 Å². The first kappa shape index (κ1) is 8.29. The first-order valence-electron chi connectivity index (χ1n) is 3.25. The van der Waals surface area contributed by atoms with Crippen LogP contribution in [0.15, 0.2) is 16.5 Å². The Morgan fingerprint density at radius 1 is 1.58 bits per heavy atom. The smallest absolute Gasteiger partial charge is 0.146 e. The average Bonchev–Trinajstić information content (AvgIpc) is 2.50. The average molecular weight is 217 g/mol. The predicted octanol–water partition coefficient (Wildman–Crippen LogP) is 3.07. The van der Waals surface area contributed by atoms with E-state index in [1.807, 2.05) is 12.3 Å². The Hall–Kier alpha value is -0.320. The van der Waals surface area contributed by atoms with E-state index in [2.05, 4.69) is 9.97 Å². The van der Waals surface area contributed by atoms with Crippen molar-refractivity contribution in [2.45, 2.75) is 4.90 Å². The van der Waals surface area contributed by atoms with E-state index in [1.165, 1.54) is 11.3 Å². The summed E-state index contributed by atoms with van der Waals surface area (Å²) >= 11 is 8.96. The van der Waals surface area contributed by atoms with E-state index in [-0.39, 0.29) is 0 Å². The highest BCUT2D eigenvalue weighted by atomic mass is 35.5. The lowest BCUT2D eigenvalue weighted by molar-refractivity contribution is 1.33. The van der Waals surface area contributed by atoms with Gasteiger partial charge in [0.05, 0.1) is 5.51 Å². The zero-order valence-corrected chi connectivity index (χ0v) is 8.63. The molecule has 0 aliphatic heterocycles. The van der Waals surface area contributed by atoms with Gasteiger partial charge in [0.25, 0.3) is 0 Å². The van der Waals surface area contributed by atoms with E-state index in [4.69, 9.17) is 11.6 Å². The van der Waals surface area contributed by atoms with Crippen LogP contribution in [0.4, 0.5) is 0 Å². The topological polar surface area (TPSA) is 25.8 Å². The van der Waals surface area contributed by atoms with Gasteiger partial charge < -0.3 is 0 Å². The predicted molar refractivity (Wildman–Crippen MR) is 54.2 cm³/mol. The first-order valence-corrected chi connectivity index (χ1v) is 5.73. The Morgan fingerprint density at radius 3 is 3.17 bits per heavy atom. The van der Waals surface area contributed by atoms with Gasteiger partial charge in [-0.1, -0.05) is 11.6 Å². The van der Waals surface area contributed by atoms with Gasteiger partial charge in [0.1, 0.15) is 15.5 Å². The lowest BCUT2D eigenvalue weighted by atomic mass is 10.4. The molecule has 0 bridgehead atoms. The van der Waals surface area contributed by atoms with Crippen molar-refractivity contribution >= 4 is 45.0 Å². The molecule has 0 unspecified atom stereocenters. The molecule has 0 atom stereocenters. The van der Waals surface area contributed by atoms with Gasteiger partial charge in [-0.3, -0.25) is 0 Å². The van der Waals surface area contributed by atoms with E-state index < -0.39 is 0 Å². The molecule has 5 heteroatoms. The van der Waals surface area contributed by atoms with E-state index in [9.17, 15) is 0 Å². The number of rotatable bonds is 1. The molecule has 0 amide bonds. The van der Waals surface area contributed by atoms with E-state index in [0.29, 0.717) is 5.15 Å². The van der Waals surface area contributed by atoms with Crippen LogP contribution in [-0.4, -0.2) is 16.2 Å². The maximum Gasteiger partial charge on any atom is 0.146 e. The van der Waals surface area contributed by atoms with Gasteiger partial charge in [-0.2, -0.15) is 0 Å². The molecule has 0 saturated heterocycles. The fourth-order valence-corrected chi connectivity index (χ4v) is 2.58. The summed E-state index contributed by atoms with van der Waals surface area (Å²) in [7, 11) is 0. The van der Waals surface area contributed by atoms with Crippen LogP contribution < -0.4 is 0 Å². The standard InChI is InChI=1S/C7H5ClN2S2/c1-11-4-2-5(8)10-7-6(4)9-3-12-7/h2-3H,1H3.